The van der Waals surface area contributed by atoms with Crippen molar-refractivity contribution in [3.05, 3.63) is 53.6 Å². The zero-order chi connectivity index (χ0) is 15.2. The average molecular weight is 285 g/mol. The Bertz CT molecular complexity index is 620. The van der Waals surface area contributed by atoms with Gasteiger partial charge in [0.25, 0.3) is 0 Å². The summed E-state index contributed by atoms with van der Waals surface area (Å²) in [5, 5.41) is 0. The van der Waals surface area contributed by atoms with E-state index in [-0.39, 0.29) is 0 Å². The van der Waals surface area contributed by atoms with E-state index in [2.05, 4.69) is 6.92 Å². The van der Waals surface area contributed by atoms with Crippen LogP contribution in [0.2, 0.25) is 0 Å². The third kappa shape index (κ3) is 3.75. The number of methoxy groups -OCH3 is 1. The van der Waals surface area contributed by atoms with Crippen molar-refractivity contribution in [2.45, 2.75) is 19.8 Å². The number of esters is 1. The summed E-state index contributed by atoms with van der Waals surface area (Å²) < 4.78 is 10.5. The van der Waals surface area contributed by atoms with E-state index >= 15 is 0 Å². The molecule has 0 atom stereocenters. The highest BCUT2D eigenvalue weighted by Gasteiger charge is 2.14. The van der Waals surface area contributed by atoms with Crippen LogP contribution in [0.15, 0.2) is 42.5 Å². The highest BCUT2D eigenvalue weighted by Crippen LogP contribution is 2.28. The van der Waals surface area contributed by atoms with Crippen LogP contribution in [0.1, 0.15) is 29.3 Å². The van der Waals surface area contributed by atoms with Gasteiger partial charge in [0.1, 0.15) is 17.1 Å². The lowest BCUT2D eigenvalue weighted by Crippen LogP contribution is -2.04. The normalized spacial score (nSPS) is 10.2. The maximum Gasteiger partial charge on any atom is 0.341 e. The number of rotatable bonds is 5. The molecule has 0 saturated carbocycles. The third-order valence-corrected chi connectivity index (χ3v) is 3.10. The molecule has 4 heteroatoms. The average Bonchev–Trinajstić information content (AvgIpc) is 2.50. The van der Waals surface area contributed by atoms with Crippen LogP contribution in [0.4, 0.5) is 5.69 Å². The summed E-state index contributed by atoms with van der Waals surface area (Å²) in [4.78, 5) is 11.8. The number of ether oxygens (including phenoxy) is 2. The second-order valence-corrected chi connectivity index (χ2v) is 4.74. The zero-order valence-corrected chi connectivity index (χ0v) is 12.3. The van der Waals surface area contributed by atoms with Crippen LogP contribution in [0.3, 0.4) is 0 Å². The monoisotopic (exact) mass is 285 g/mol. The Morgan fingerprint density at radius 2 is 1.86 bits per heavy atom. The van der Waals surface area contributed by atoms with Gasteiger partial charge < -0.3 is 15.2 Å². The lowest BCUT2D eigenvalue weighted by atomic mass is 10.1. The molecule has 0 radical (unpaired) electrons. The van der Waals surface area contributed by atoms with Gasteiger partial charge in [-0.1, -0.05) is 25.5 Å². The molecule has 110 valence electrons. The van der Waals surface area contributed by atoms with E-state index in [0.29, 0.717) is 22.7 Å². The minimum atomic E-state index is -0.472. The maximum absolute atomic E-state index is 11.8. The van der Waals surface area contributed by atoms with Crippen LogP contribution in [-0.4, -0.2) is 13.1 Å². The molecule has 2 N–H and O–H groups in total. The fourth-order valence-corrected chi connectivity index (χ4v) is 2.05. The first-order valence-electron chi connectivity index (χ1n) is 6.88. The molecular weight excluding hydrogens is 266 g/mol. The Balaban J connectivity index is 2.24. The minimum Gasteiger partial charge on any atom is -0.465 e. The summed E-state index contributed by atoms with van der Waals surface area (Å²) in [6.07, 6.45) is 2.14. The van der Waals surface area contributed by atoms with Gasteiger partial charge in [0.2, 0.25) is 0 Å². The fraction of sp³-hybridized carbons (Fsp3) is 0.235. The first kappa shape index (κ1) is 14.9. The Kier molecular flexibility index (Phi) is 4.82. The van der Waals surface area contributed by atoms with Crippen molar-refractivity contribution < 1.29 is 14.3 Å². The molecule has 2 aromatic rings. The van der Waals surface area contributed by atoms with Gasteiger partial charge in [-0.15, -0.1) is 0 Å². The molecule has 0 unspecified atom stereocenters. The van der Waals surface area contributed by atoms with Crippen LogP contribution in [-0.2, 0) is 11.2 Å². The van der Waals surface area contributed by atoms with E-state index in [1.165, 1.54) is 12.7 Å². The van der Waals surface area contributed by atoms with Gasteiger partial charge in [0, 0.05) is 5.69 Å². The van der Waals surface area contributed by atoms with E-state index in [1.807, 2.05) is 24.3 Å². The maximum atomic E-state index is 11.8. The van der Waals surface area contributed by atoms with Crippen LogP contribution in [0.5, 0.6) is 11.5 Å². The predicted octanol–water partition coefficient (Wildman–Crippen LogP) is 3.80. The topological polar surface area (TPSA) is 61.5 Å². The number of hydrogen-bond donors (Lipinski definition) is 1. The Morgan fingerprint density at radius 3 is 2.48 bits per heavy atom. The smallest absolute Gasteiger partial charge is 0.341 e. The Morgan fingerprint density at radius 1 is 1.14 bits per heavy atom. The third-order valence-electron chi connectivity index (χ3n) is 3.10. The van der Waals surface area contributed by atoms with Gasteiger partial charge in [-0.2, -0.15) is 0 Å². The molecule has 4 nitrogen and oxygen atoms in total. The van der Waals surface area contributed by atoms with E-state index in [4.69, 9.17) is 15.2 Å². The molecule has 0 aliphatic heterocycles. The van der Waals surface area contributed by atoms with E-state index in [0.717, 1.165) is 12.8 Å². The molecule has 0 saturated heterocycles. The molecule has 0 aromatic heterocycles. The van der Waals surface area contributed by atoms with Gasteiger partial charge in [0.05, 0.1) is 7.11 Å². The molecule has 21 heavy (non-hydrogen) atoms. The number of carbonyl (C=O) groups excluding carboxylic acids is 1. The largest absolute Gasteiger partial charge is 0.465 e. The second kappa shape index (κ2) is 6.79. The molecule has 0 heterocycles. The number of carbonyl (C=O) groups is 1. The Labute approximate surface area is 124 Å². The second-order valence-electron chi connectivity index (χ2n) is 4.74. The molecule has 0 amide bonds. The first-order chi connectivity index (χ1) is 10.1. The van der Waals surface area contributed by atoms with Crippen molar-refractivity contribution in [3.63, 3.8) is 0 Å². The number of nitrogens with two attached hydrogens (primary N) is 1. The summed E-state index contributed by atoms with van der Waals surface area (Å²) in [6, 6.07) is 12.7. The summed E-state index contributed by atoms with van der Waals surface area (Å²) in [5.41, 5.74) is 7.76. The van der Waals surface area contributed by atoms with Gasteiger partial charge in [-0.05, 0) is 42.3 Å². The number of aryl methyl sites for hydroxylation is 1. The molecular formula is C17H19NO3. The quantitative estimate of drug-likeness (QED) is 0.670. The van der Waals surface area contributed by atoms with Crippen molar-refractivity contribution in [2.24, 2.45) is 0 Å². The standard InChI is InChI=1S/C17H19NO3/c1-3-4-12-5-8-14(9-6-12)21-16-10-7-13(18)11-15(16)17(19)20-2/h5-11H,3-4,18H2,1-2H3. The zero-order valence-electron chi connectivity index (χ0n) is 12.3. The fourth-order valence-electron chi connectivity index (χ4n) is 2.05. The molecule has 0 fully saturated rings. The lowest BCUT2D eigenvalue weighted by molar-refractivity contribution is 0.0598. The summed E-state index contributed by atoms with van der Waals surface area (Å²) in [7, 11) is 1.33. The van der Waals surface area contributed by atoms with Crippen molar-refractivity contribution in [2.75, 3.05) is 12.8 Å². The van der Waals surface area contributed by atoms with Crippen molar-refractivity contribution >= 4 is 11.7 Å². The lowest BCUT2D eigenvalue weighted by Gasteiger charge is -2.11. The van der Waals surface area contributed by atoms with Gasteiger partial charge >= 0.3 is 5.97 Å². The molecule has 0 bridgehead atoms. The van der Waals surface area contributed by atoms with Crippen LogP contribution < -0.4 is 10.5 Å². The van der Waals surface area contributed by atoms with E-state index in [9.17, 15) is 4.79 Å². The summed E-state index contributed by atoms with van der Waals surface area (Å²) in [6.45, 7) is 2.14. The number of hydrogen-bond acceptors (Lipinski definition) is 4. The van der Waals surface area contributed by atoms with Gasteiger partial charge in [-0.3, -0.25) is 0 Å². The SMILES string of the molecule is CCCc1ccc(Oc2ccc(N)cc2C(=O)OC)cc1. The first-order valence-corrected chi connectivity index (χ1v) is 6.88. The number of benzene rings is 2. The van der Waals surface area contributed by atoms with E-state index < -0.39 is 5.97 Å². The molecule has 0 aliphatic carbocycles. The highest BCUT2D eigenvalue weighted by molar-refractivity contribution is 5.93. The van der Waals surface area contributed by atoms with Crippen LogP contribution >= 0.6 is 0 Å². The molecule has 0 aliphatic rings. The van der Waals surface area contributed by atoms with Crippen LogP contribution in [0.25, 0.3) is 0 Å². The van der Waals surface area contributed by atoms with Crippen LogP contribution in [0, 0.1) is 0 Å². The molecule has 0 spiro atoms. The highest BCUT2D eigenvalue weighted by atomic mass is 16.5. The van der Waals surface area contributed by atoms with Gasteiger partial charge in [0.15, 0.2) is 0 Å². The van der Waals surface area contributed by atoms with E-state index in [1.54, 1.807) is 18.2 Å². The van der Waals surface area contributed by atoms with Crippen molar-refractivity contribution in [3.8, 4) is 11.5 Å². The summed E-state index contributed by atoms with van der Waals surface area (Å²) in [5.74, 6) is 0.629. The molecule has 2 rings (SSSR count). The van der Waals surface area contributed by atoms with Gasteiger partial charge in [-0.25, -0.2) is 4.79 Å². The minimum absolute atomic E-state index is 0.315. The Hall–Kier alpha value is -2.49. The summed E-state index contributed by atoms with van der Waals surface area (Å²) >= 11 is 0. The predicted molar refractivity (Wildman–Crippen MR) is 82.7 cm³/mol. The number of anilines is 1. The molecule has 2 aromatic carbocycles. The van der Waals surface area contributed by atoms with Crippen molar-refractivity contribution in [1.29, 1.82) is 0 Å². The number of nitrogen functional groups attached to an aromatic ring is 1. The van der Waals surface area contributed by atoms with Crippen molar-refractivity contribution in [1.82, 2.24) is 0 Å².